The van der Waals surface area contributed by atoms with Crippen molar-refractivity contribution >= 4 is 0 Å². The molecular weight excluding hydrogens is 260 g/mol. The first-order valence-electron chi connectivity index (χ1n) is 9.45. The molecule has 0 aromatic carbocycles. The van der Waals surface area contributed by atoms with Gasteiger partial charge in [-0.25, -0.2) is 0 Å². The predicted molar refractivity (Wildman–Crippen MR) is 87.5 cm³/mol. The van der Waals surface area contributed by atoms with Gasteiger partial charge in [-0.15, -0.1) is 0 Å². The molecule has 0 unspecified atom stereocenters. The summed E-state index contributed by atoms with van der Waals surface area (Å²) in [4.78, 5) is 2.83. The number of aliphatic hydroxyl groups is 1. The maximum Gasteiger partial charge on any atom is 0.0541 e. The highest BCUT2D eigenvalue weighted by Gasteiger charge is 2.38. The third-order valence-electron chi connectivity index (χ3n) is 6.23. The van der Waals surface area contributed by atoms with Crippen molar-refractivity contribution in [3.05, 3.63) is 0 Å². The highest BCUT2D eigenvalue weighted by atomic mass is 16.3. The average molecular weight is 294 g/mol. The quantitative estimate of drug-likeness (QED) is 0.836. The summed E-state index contributed by atoms with van der Waals surface area (Å²) in [5.41, 5.74) is 0.453. The molecule has 1 aliphatic heterocycles. The fraction of sp³-hybridized carbons (Fsp3) is 1.00. The molecule has 2 saturated carbocycles. The fourth-order valence-corrected chi connectivity index (χ4v) is 4.80. The van der Waals surface area contributed by atoms with Crippen molar-refractivity contribution in [1.29, 1.82) is 0 Å². The van der Waals surface area contributed by atoms with Crippen molar-refractivity contribution in [2.75, 3.05) is 19.6 Å². The second-order valence-electron chi connectivity index (χ2n) is 7.72. The largest absolute Gasteiger partial charge is 0.393 e. The van der Waals surface area contributed by atoms with Gasteiger partial charge in [-0.3, -0.25) is 4.90 Å². The van der Waals surface area contributed by atoms with Gasteiger partial charge in [0.2, 0.25) is 0 Å². The van der Waals surface area contributed by atoms with Crippen molar-refractivity contribution in [1.82, 2.24) is 10.2 Å². The molecule has 1 saturated heterocycles. The summed E-state index contributed by atoms with van der Waals surface area (Å²) < 4.78 is 0. The van der Waals surface area contributed by atoms with Gasteiger partial charge in [0.1, 0.15) is 0 Å². The summed E-state index contributed by atoms with van der Waals surface area (Å²) in [7, 11) is 0. The highest BCUT2D eigenvalue weighted by Crippen LogP contribution is 2.35. The Labute approximate surface area is 130 Å². The summed E-state index contributed by atoms with van der Waals surface area (Å²) in [5.74, 6) is 0. The normalized spacial score (nSPS) is 34.7. The van der Waals surface area contributed by atoms with Crippen LogP contribution in [0, 0.1) is 0 Å². The summed E-state index contributed by atoms with van der Waals surface area (Å²) in [6.07, 6.45) is 15.6. The van der Waals surface area contributed by atoms with E-state index in [1.54, 1.807) is 0 Å². The Morgan fingerprint density at radius 2 is 1.48 bits per heavy atom. The van der Waals surface area contributed by atoms with E-state index in [1.807, 2.05) is 0 Å². The molecule has 1 heterocycles. The summed E-state index contributed by atoms with van der Waals surface area (Å²) >= 11 is 0. The van der Waals surface area contributed by atoms with Crippen LogP contribution in [0.25, 0.3) is 0 Å². The first-order chi connectivity index (χ1) is 10.3. The molecule has 0 spiro atoms. The summed E-state index contributed by atoms with van der Waals surface area (Å²) in [5, 5.41) is 13.6. The lowest BCUT2D eigenvalue weighted by atomic mass is 9.78. The Bertz CT molecular complexity index is 300. The lowest BCUT2D eigenvalue weighted by Crippen LogP contribution is -2.58. The molecule has 0 atom stereocenters. The number of likely N-dealkylation sites (tertiary alicyclic amines) is 1. The smallest absolute Gasteiger partial charge is 0.0541 e. The molecule has 3 heteroatoms. The molecule has 0 bridgehead atoms. The number of piperidine rings is 1. The second-order valence-corrected chi connectivity index (χ2v) is 7.72. The Hall–Kier alpha value is -0.120. The third kappa shape index (κ3) is 4.00. The Morgan fingerprint density at radius 3 is 2.14 bits per heavy atom. The van der Waals surface area contributed by atoms with E-state index in [0.717, 1.165) is 25.7 Å². The lowest BCUT2D eigenvalue weighted by Gasteiger charge is -2.49. The van der Waals surface area contributed by atoms with Gasteiger partial charge in [-0.05, 0) is 64.5 Å². The van der Waals surface area contributed by atoms with Crippen LogP contribution in [0.2, 0.25) is 0 Å². The minimum absolute atomic E-state index is 0.0335. The van der Waals surface area contributed by atoms with Crippen LogP contribution in [0.1, 0.15) is 77.0 Å². The van der Waals surface area contributed by atoms with E-state index in [0.29, 0.717) is 11.6 Å². The van der Waals surface area contributed by atoms with Crippen LogP contribution in [-0.2, 0) is 0 Å². The van der Waals surface area contributed by atoms with E-state index in [1.165, 1.54) is 71.0 Å². The molecule has 3 fully saturated rings. The Balaban J connectivity index is 1.56. The van der Waals surface area contributed by atoms with Gasteiger partial charge >= 0.3 is 0 Å². The van der Waals surface area contributed by atoms with Gasteiger partial charge in [0, 0.05) is 18.1 Å². The number of rotatable bonds is 4. The first-order valence-corrected chi connectivity index (χ1v) is 9.45. The van der Waals surface area contributed by atoms with Gasteiger partial charge in [0.25, 0.3) is 0 Å². The van der Waals surface area contributed by atoms with Crippen LogP contribution in [-0.4, -0.2) is 47.3 Å². The molecule has 122 valence electrons. The van der Waals surface area contributed by atoms with Gasteiger partial charge in [0.05, 0.1) is 6.10 Å². The highest BCUT2D eigenvalue weighted by molar-refractivity contribution is 4.97. The van der Waals surface area contributed by atoms with Crippen molar-refractivity contribution in [2.24, 2.45) is 0 Å². The van der Waals surface area contributed by atoms with Crippen molar-refractivity contribution in [3.63, 3.8) is 0 Å². The van der Waals surface area contributed by atoms with E-state index in [9.17, 15) is 5.11 Å². The molecule has 2 N–H and O–H groups in total. The summed E-state index contributed by atoms with van der Waals surface area (Å²) in [6, 6.07) is 0.650. The molecule has 2 aliphatic carbocycles. The average Bonchev–Trinajstić information content (AvgIpc) is 2.56. The minimum atomic E-state index is -0.0335. The Kier molecular flexibility index (Phi) is 5.58. The monoisotopic (exact) mass is 294 g/mol. The van der Waals surface area contributed by atoms with Crippen LogP contribution in [0.5, 0.6) is 0 Å². The second kappa shape index (κ2) is 7.43. The van der Waals surface area contributed by atoms with E-state index in [-0.39, 0.29) is 6.10 Å². The number of nitrogens with one attached hydrogen (secondary N) is 1. The molecular formula is C18H34N2O. The zero-order valence-electron chi connectivity index (χ0n) is 13.7. The zero-order chi connectivity index (χ0) is 14.5. The molecule has 3 aliphatic rings. The van der Waals surface area contributed by atoms with E-state index in [2.05, 4.69) is 10.2 Å². The lowest BCUT2D eigenvalue weighted by molar-refractivity contribution is 0.0282. The standard InChI is InChI=1S/C18H34N2O/c21-17-9-7-16(8-10-17)19-15-18(11-3-1-4-12-18)20-13-5-2-6-14-20/h16-17,19,21H,1-15H2. The SMILES string of the molecule is OC1CCC(NCC2(N3CCCCC3)CCCCC2)CC1. The molecule has 3 rings (SSSR count). The molecule has 21 heavy (non-hydrogen) atoms. The topological polar surface area (TPSA) is 35.5 Å². The maximum atomic E-state index is 9.66. The number of hydrogen-bond donors (Lipinski definition) is 2. The van der Waals surface area contributed by atoms with Gasteiger partial charge < -0.3 is 10.4 Å². The van der Waals surface area contributed by atoms with Gasteiger partial charge in [-0.1, -0.05) is 25.7 Å². The van der Waals surface area contributed by atoms with E-state index in [4.69, 9.17) is 0 Å². The maximum absolute atomic E-state index is 9.66. The number of hydrogen-bond acceptors (Lipinski definition) is 3. The van der Waals surface area contributed by atoms with E-state index < -0.39 is 0 Å². The number of nitrogens with zero attached hydrogens (tertiary/aromatic N) is 1. The number of aliphatic hydroxyl groups excluding tert-OH is 1. The fourth-order valence-electron chi connectivity index (χ4n) is 4.80. The third-order valence-corrected chi connectivity index (χ3v) is 6.23. The zero-order valence-corrected chi connectivity index (χ0v) is 13.7. The van der Waals surface area contributed by atoms with Crippen molar-refractivity contribution in [3.8, 4) is 0 Å². The van der Waals surface area contributed by atoms with Crippen molar-refractivity contribution in [2.45, 2.75) is 94.7 Å². The molecule has 0 radical (unpaired) electrons. The van der Waals surface area contributed by atoms with Crippen LogP contribution < -0.4 is 5.32 Å². The molecule has 0 amide bonds. The van der Waals surface area contributed by atoms with Crippen LogP contribution in [0.15, 0.2) is 0 Å². The Morgan fingerprint density at radius 1 is 0.857 bits per heavy atom. The van der Waals surface area contributed by atoms with Crippen molar-refractivity contribution < 1.29 is 5.11 Å². The van der Waals surface area contributed by atoms with E-state index >= 15 is 0 Å². The first kappa shape index (κ1) is 15.8. The molecule has 0 aromatic rings. The van der Waals surface area contributed by atoms with Crippen LogP contribution in [0.4, 0.5) is 0 Å². The summed E-state index contributed by atoms with van der Waals surface area (Å²) in [6.45, 7) is 3.84. The van der Waals surface area contributed by atoms with Gasteiger partial charge in [0.15, 0.2) is 0 Å². The molecule has 3 nitrogen and oxygen atoms in total. The molecule has 0 aromatic heterocycles. The van der Waals surface area contributed by atoms with Gasteiger partial charge in [-0.2, -0.15) is 0 Å². The predicted octanol–water partition coefficient (Wildman–Crippen LogP) is 3.07. The van der Waals surface area contributed by atoms with Crippen LogP contribution in [0.3, 0.4) is 0 Å². The minimum Gasteiger partial charge on any atom is -0.393 e. The van der Waals surface area contributed by atoms with Crippen LogP contribution >= 0.6 is 0 Å².